The Morgan fingerprint density at radius 2 is 2.14 bits per heavy atom. The first-order valence-electron chi connectivity index (χ1n) is 7.85. The van der Waals surface area contributed by atoms with Crippen LogP contribution in [0.25, 0.3) is 0 Å². The fourth-order valence-electron chi connectivity index (χ4n) is 2.52. The Morgan fingerprint density at radius 3 is 2.77 bits per heavy atom. The van der Waals surface area contributed by atoms with Gasteiger partial charge in [0, 0.05) is 31.4 Å². The molecule has 1 amide bonds. The minimum atomic E-state index is 0.0140. The van der Waals surface area contributed by atoms with Crippen LogP contribution in [0.3, 0.4) is 0 Å². The van der Waals surface area contributed by atoms with E-state index in [1.165, 1.54) is 11.1 Å². The van der Waals surface area contributed by atoms with Crippen LogP contribution in [0.1, 0.15) is 37.7 Å². The van der Waals surface area contributed by atoms with Crippen LogP contribution in [0.15, 0.2) is 36.7 Å². The molecule has 22 heavy (non-hydrogen) atoms. The van der Waals surface area contributed by atoms with Crippen LogP contribution in [0.5, 0.6) is 0 Å². The third-order valence-corrected chi connectivity index (χ3v) is 3.76. The van der Waals surface area contributed by atoms with Gasteiger partial charge in [0.1, 0.15) is 5.82 Å². The average molecular weight is 299 g/mol. The predicted octanol–water partition coefficient (Wildman–Crippen LogP) is 3.24. The summed E-state index contributed by atoms with van der Waals surface area (Å²) in [6.07, 6.45) is 3.78. The molecule has 0 fully saturated rings. The molecule has 0 unspecified atom stereocenters. The highest BCUT2D eigenvalue weighted by Crippen LogP contribution is 2.11. The Hall–Kier alpha value is -2.10. The Kier molecular flexibility index (Phi) is 5.36. The molecule has 1 aromatic carbocycles. The van der Waals surface area contributed by atoms with Crippen molar-refractivity contribution in [2.75, 3.05) is 6.54 Å². The van der Waals surface area contributed by atoms with Gasteiger partial charge in [0.05, 0.1) is 6.54 Å². The molecular formula is C18H25N3O. The van der Waals surface area contributed by atoms with E-state index in [0.29, 0.717) is 13.1 Å². The molecule has 0 N–H and O–H groups in total. The van der Waals surface area contributed by atoms with Gasteiger partial charge < -0.3 is 9.47 Å². The van der Waals surface area contributed by atoms with Gasteiger partial charge in [-0.1, -0.05) is 43.7 Å². The van der Waals surface area contributed by atoms with Crippen LogP contribution in [-0.2, 0) is 17.9 Å². The smallest absolute Gasteiger partial charge is 0.225 e. The number of nitrogens with zero attached hydrogens (tertiary/aromatic N) is 3. The summed E-state index contributed by atoms with van der Waals surface area (Å²) in [4.78, 5) is 18.5. The molecule has 0 aliphatic carbocycles. The summed E-state index contributed by atoms with van der Waals surface area (Å²) in [7, 11) is 0. The second-order valence-corrected chi connectivity index (χ2v) is 5.97. The third-order valence-electron chi connectivity index (χ3n) is 3.76. The van der Waals surface area contributed by atoms with Crippen LogP contribution in [0.2, 0.25) is 0 Å². The summed E-state index contributed by atoms with van der Waals surface area (Å²) in [6, 6.07) is 8.47. The first-order valence-corrected chi connectivity index (χ1v) is 7.85. The molecule has 0 saturated carbocycles. The molecular weight excluding hydrogens is 274 g/mol. The maximum atomic E-state index is 12.2. The maximum Gasteiger partial charge on any atom is 0.225 e. The second kappa shape index (κ2) is 7.25. The average Bonchev–Trinajstić information content (AvgIpc) is 2.91. The third kappa shape index (κ3) is 3.97. The Balaban J connectivity index is 2.13. The Morgan fingerprint density at radius 1 is 1.36 bits per heavy atom. The van der Waals surface area contributed by atoms with Crippen LogP contribution < -0.4 is 0 Å². The molecule has 2 aromatic rings. The van der Waals surface area contributed by atoms with Crippen molar-refractivity contribution in [2.45, 2.75) is 40.8 Å². The molecule has 0 aliphatic heterocycles. The van der Waals surface area contributed by atoms with Gasteiger partial charge in [-0.2, -0.15) is 0 Å². The van der Waals surface area contributed by atoms with E-state index < -0.39 is 0 Å². The Labute approximate surface area is 132 Å². The zero-order valence-corrected chi connectivity index (χ0v) is 13.9. The first kappa shape index (κ1) is 16.3. The van der Waals surface area contributed by atoms with Gasteiger partial charge in [-0.15, -0.1) is 0 Å². The van der Waals surface area contributed by atoms with E-state index in [1.54, 1.807) is 6.20 Å². The molecule has 2 rings (SSSR count). The number of hydrogen-bond donors (Lipinski definition) is 0. The largest absolute Gasteiger partial charge is 0.335 e. The lowest BCUT2D eigenvalue weighted by Crippen LogP contribution is -2.34. The number of imidazole rings is 1. The molecule has 0 atom stereocenters. The van der Waals surface area contributed by atoms with E-state index >= 15 is 0 Å². The number of hydrogen-bond acceptors (Lipinski definition) is 2. The summed E-state index contributed by atoms with van der Waals surface area (Å²) < 4.78 is 2.12. The van der Waals surface area contributed by atoms with Gasteiger partial charge in [0.2, 0.25) is 5.91 Å². The van der Waals surface area contributed by atoms with Crippen molar-refractivity contribution in [2.24, 2.45) is 5.92 Å². The molecule has 0 radical (unpaired) electrons. The van der Waals surface area contributed by atoms with Crippen LogP contribution in [-0.4, -0.2) is 26.9 Å². The van der Waals surface area contributed by atoms with Gasteiger partial charge in [0.15, 0.2) is 0 Å². The lowest BCUT2D eigenvalue weighted by molar-refractivity contribution is -0.135. The van der Waals surface area contributed by atoms with E-state index in [4.69, 9.17) is 0 Å². The van der Waals surface area contributed by atoms with Crippen molar-refractivity contribution < 1.29 is 4.79 Å². The topological polar surface area (TPSA) is 38.1 Å². The minimum Gasteiger partial charge on any atom is -0.335 e. The molecule has 0 saturated heterocycles. The molecule has 1 aromatic heterocycles. The normalized spacial score (nSPS) is 11.0. The van der Waals surface area contributed by atoms with Gasteiger partial charge in [-0.25, -0.2) is 4.98 Å². The van der Waals surface area contributed by atoms with Crippen molar-refractivity contribution >= 4 is 5.91 Å². The van der Waals surface area contributed by atoms with E-state index in [9.17, 15) is 4.79 Å². The fourth-order valence-corrected chi connectivity index (χ4v) is 2.52. The molecule has 0 spiro atoms. The lowest BCUT2D eigenvalue weighted by atomic mass is 10.1. The van der Waals surface area contributed by atoms with Gasteiger partial charge in [-0.3, -0.25) is 4.79 Å². The van der Waals surface area contributed by atoms with Gasteiger partial charge in [-0.05, 0) is 19.4 Å². The van der Waals surface area contributed by atoms with Crippen LogP contribution in [0.4, 0.5) is 0 Å². The van der Waals surface area contributed by atoms with Gasteiger partial charge >= 0.3 is 0 Å². The number of rotatable bonds is 6. The summed E-state index contributed by atoms with van der Waals surface area (Å²) in [6.45, 7) is 10.0. The van der Waals surface area contributed by atoms with Crippen molar-refractivity contribution in [1.82, 2.24) is 14.5 Å². The summed E-state index contributed by atoms with van der Waals surface area (Å²) in [5, 5.41) is 0. The lowest BCUT2D eigenvalue weighted by Gasteiger charge is -2.23. The van der Waals surface area contributed by atoms with E-state index in [0.717, 1.165) is 12.4 Å². The molecule has 118 valence electrons. The monoisotopic (exact) mass is 299 g/mol. The number of aromatic nitrogens is 2. The quantitative estimate of drug-likeness (QED) is 0.821. The number of benzene rings is 1. The van der Waals surface area contributed by atoms with Crippen molar-refractivity contribution in [3.63, 3.8) is 0 Å². The van der Waals surface area contributed by atoms with Crippen molar-refractivity contribution in [3.8, 4) is 0 Å². The fraction of sp³-hybridized carbons (Fsp3) is 0.444. The summed E-state index contributed by atoms with van der Waals surface area (Å²) in [5.41, 5.74) is 2.50. The van der Waals surface area contributed by atoms with Crippen molar-refractivity contribution in [1.29, 1.82) is 0 Å². The van der Waals surface area contributed by atoms with E-state index in [-0.39, 0.29) is 11.8 Å². The molecule has 4 heteroatoms. The number of carbonyl (C=O) groups is 1. The standard InChI is InChI=1S/C18H25N3O/c1-5-20(18(22)14(2)3)13-17-19-9-10-21(17)12-16-8-6-7-15(4)11-16/h6-11,14H,5,12-13H2,1-4H3. The Bertz CT molecular complexity index is 631. The van der Waals surface area contributed by atoms with Crippen molar-refractivity contribution in [3.05, 3.63) is 53.6 Å². The number of carbonyl (C=O) groups excluding carboxylic acids is 1. The first-order chi connectivity index (χ1) is 10.5. The predicted molar refractivity (Wildman–Crippen MR) is 88.4 cm³/mol. The highest BCUT2D eigenvalue weighted by molar-refractivity contribution is 5.77. The summed E-state index contributed by atoms with van der Waals surface area (Å²) in [5.74, 6) is 1.12. The van der Waals surface area contributed by atoms with Gasteiger partial charge in [0.25, 0.3) is 0 Å². The van der Waals surface area contributed by atoms with E-state index in [2.05, 4.69) is 40.7 Å². The van der Waals surface area contributed by atoms with Crippen LogP contribution >= 0.6 is 0 Å². The molecule has 0 aliphatic rings. The molecule has 4 nitrogen and oxygen atoms in total. The highest BCUT2D eigenvalue weighted by Gasteiger charge is 2.17. The highest BCUT2D eigenvalue weighted by atomic mass is 16.2. The van der Waals surface area contributed by atoms with E-state index in [1.807, 2.05) is 31.9 Å². The van der Waals surface area contributed by atoms with Crippen LogP contribution in [0, 0.1) is 12.8 Å². The summed E-state index contributed by atoms with van der Waals surface area (Å²) >= 11 is 0. The number of amides is 1. The second-order valence-electron chi connectivity index (χ2n) is 5.97. The number of aryl methyl sites for hydroxylation is 1. The maximum absolute atomic E-state index is 12.2. The molecule has 1 heterocycles. The zero-order valence-electron chi connectivity index (χ0n) is 13.9. The minimum absolute atomic E-state index is 0.0140. The SMILES string of the molecule is CCN(Cc1nccn1Cc1cccc(C)c1)C(=O)C(C)C. The molecule has 0 bridgehead atoms. The zero-order chi connectivity index (χ0) is 16.1.